The summed E-state index contributed by atoms with van der Waals surface area (Å²) >= 11 is 1.65. The van der Waals surface area contributed by atoms with Crippen LogP contribution in [-0.4, -0.2) is 22.0 Å². The van der Waals surface area contributed by atoms with Crippen molar-refractivity contribution in [2.75, 3.05) is 0 Å². The van der Waals surface area contributed by atoms with Gasteiger partial charge in [-0.25, -0.2) is 9.78 Å². The molecule has 0 radical (unpaired) electrons. The van der Waals surface area contributed by atoms with Crippen LogP contribution in [-0.2, 0) is 19.5 Å². The molecule has 1 unspecified atom stereocenters. The van der Waals surface area contributed by atoms with Gasteiger partial charge in [-0.2, -0.15) is 0 Å². The topological polar surface area (TPSA) is 45.2 Å². The number of amides is 2. The van der Waals surface area contributed by atoms with Crippen LogP contribution in [0.1, 0.15) is 33.6 Å². The molecule has 3 rings (SSSR count). The molecule has 0 aliphatic carbocycles. The normalized spacial score (nSPS) is 17.2. The number of benzene rings is 1. The molecule has 4 nitrogen and oxygen atoms in total. The van der Waals surface area contributed by atoms with E-state index in [0.29, 0.717) is 13.1 Å². The van der Waals surface area contributed by atoms with Gasteiger partial charge in [-0.1, -0.05) is 24.3 Å². The lowest BCUT2D eigenvalue weighted by Gasteiger charge is -2.34. The van der Waals surface area contributed by atoms with Crippen molar-refractivity contribution in [3.05, 3.63) is 51.0 Å². The fourth-order valence-corrected chi connectivity index (χ4v) is 3.82. The summed E-state index contributed by atoms with van der Waals surface area (Å²) in [6, 6.07) is 8.60. The number of fused-ring (bicyclic) bond motifs is 1. The second kappa shape index (κ2) is 6.08. The molecule has 1 atom stereocenters. The highest BCUT2D eigenvalue weighted by molar-refractivity contribution is 7.11. The minimum Gasteiger partial charge on any atom is -0.333 e. The largest absolute Gasteiger partial charge is 0.333 e. The summed E-state index contributed by atoms with van der Waals surface area (Å²) in [7, 11) is 0. The van der Waals surface area contributed by atoms with E-state index in [1.54, 1.807) is 11.3 Å². The first-order chi connectivity index (χ1) is 10.5. The van der Waals surface area contributed by atoms with Gasteiger partial charge in [-0.3, -0.25) is 0 Å². The third kappa shape index (κ3) is 2.99. The average Bonchev–Trinajstić information content (AvgIpc) is 2.82. The summed E-state index contributed by atoms with van der Waals surface area (Å²) in [5, 5.41) is 4.08. The molecule has 1 aromatic carbocycles. The Hall–Kier alpha value is -1.88. The molecule has 22 heavy (non-hydrogen) atoms. The third-order valence-electron chi connectivity index (χ3n) is 4.17. The first-order valence-corrected chi connectivity index (χ1v) is 8.40. The molecule has 2 heterocycles. The number of thiazole rings is 1. The molecule has 0 fully saturated rings. The molecular formula is C17H21N3OS. The van der Waals surface area contributed by atoms with Gasteiger partial charge in [-0.05, 0) is 38.3 Å². The van der Waals surface area contributed by atoms with Gasteiger partial charge in [0.2, 0.25) is 0 Å². The molecule has 116 valence electrons. The second-order valence-electron chi connectivity index (χ2n) is 5.85. The molecule has 1 aliphatic heterocycles. The highest BCUT2D eigenvalue weighted by atomic mass is 32.1. The molecule has 2 aromatic rings. The minimum atomic E-state index is 0.00690. The van der Waals surface area contributed by atoms with Crippen LogP contribution in [0.15, 0.2) is 24.3 Å². The fraction of sp³-hybridized carbons (Fsp3) is 0.412. The SMILES string of the molecule is Cc1nc(C)c(CNC(=O)N2Cc3ccccc3CC2C)s1. The number of nitrogens with zero attached hydrogens (tertiary/aromatic N) is 2. The Morgan fingerprint density at radius 2 is 2.09 bits per heavy atom. The Morgan fingerprint density at radius 3 is 2.77 bits per heavy atom. The smallest absolute Gasteiger partial charge is 0.318 e. The molecule has 5 heteroatoms. The Labute approximate surface area is 135 Å². The molecule has 1 N–H and O–H groups in total. The van der Waals surface area contributed by atoms with Crippen LogP contribution in [0.2, 0.25) is 0 Å². The molecule has 0 saturated carbocycles. The maximum Gasteiger partial charge on any atom is 0.318 e. The number of aromatic nitrogens is 1. The second-order valence-corrected chi connectivity index (χ2v) is 7.14. The van der Waals surface area contributed by atoms with Crippen molar-refractivity contribution in [1.82, 2.24) is 15.2 Å². The van der Waals surface area contributed by atoms with Crippen molar-refractivity contribution in [1.29, 1.82) is 0 Å². The molecule has 1 aliphatic rings. The lowest BCUT2D eigenvalue weighted by molar-refractivity contribution is 0.168. The summed E-state index contributed by atoms with van der Waals surface area (Å²) in [6.07, 6.45) is 0.919. The summed E-state index contributed by atoms with van der Waals surface area (Å²) in [5.74, 6) is 0. The highest BCUT2D eigenvalue weighted by Gasteiger charge is 2.26. The van der Waals surface area contributed by atoms with Crippen LogP contribution < -0.4 is 5.32 Å². The van der Waals surface area contributed by atoms with Crippen molar-refractivity contribution in [2.45, 2.75) is 46.3 Å². The van der Waals surface area contributed by atoms with E-state index in [1.165, 1.54) is 11.1 Å². The summed E-state index contributed by atoms with van der Waals surface area (Å²) in [5.41, 5.74) is 3.62. The number of urea groups is 1. The van der Waals surface area contributed by atoms with Crippen molar-refractivity contribution in [3.63, 3.8) is 0 Å². The monoisotopic (exact) mass is 315 g/mol. The maximum absolute atomic E-state index is 12.5. The molecule has 0 spiro atoms. The first-order valence-electron chi connectivity index (χ1n) is 7.58. The third-order valence-corrected chi connectivity index (χ3v) is 5.24. The van der Waals surface area contributed by atoms with Crippen LogP contribution >= 0.6 is 11.3 Å². The molecule has 0 bridgehead atoms. The van der Waals surface area contributed by atoms with Gasteiger partial charge in [0.25, 0.3) is 0 Å². The zero-order chi connectivity index (χ0) is 15.7. The van der Waals surface area contributed by atoms with Gasteiger partial charge in [0, 0.05) is 17.5 Å². The summed E-state index contributed by atoms with van der Waals surface area (Å²) in [6.45, 7) is 7.33. The zero-order valence-corrected chi connectivity index (χ0v) is 14.0. The van der Waals surface area contributed by atoms with Gasteiger partial charge in [0.15, 0.2) is 0 Å². The number of rotatable bonds is 2. The van der Waals surface area contributed by atoms with Crippen LogP contribution in [0.4, 0.5) is 4.79 Å². The number of hydrogen-bond donors (Lipinski definition) is 1. The minimum absolute atomic E-state index is 0.00690. The number of carbonyl (C=O) groups is 1. The molecule has 2 amide bonds. The molecular weight excluding hydrogens is 294 g/mol. The van der Waals surface area contributed by atoms with Crippen LogP contribution in [0, 0.1) is 13.8 Å². The average molecular weight is 315 g/mol. The van der Waals surface area contributed by atoms with Gasteiger partial charge >= 0.3 is 6.03 Å². The first kappa shape index (κ1) is 15.0. The Balaban J connectivity index is 1.66. The predicted molar refractivity (Wildman–Crippen MR) is 89.0 cm³/mol. The maximum atomic E-state index is 12.5. The summed E-state index contributed by atoms with van der Waals surface area (Å²) < 4.78 is 0. The van der Waals surface area contributed by atoms with Crippen LogP contribution in [0.25, 0.3) is 0 Å². The van der Waals surface area contributed by atoms with E-state index < -0.39 is 0 Å². The van der Waals surface area contributed by atoms with Crippen molar-refractivity contribution < 1.29 is 4.79 Å². The fourth-order valence-electron chi connectivity index (χ4n) is 2.95. The molecule has 1 aromatic heterocycles. The lowest BCUT2D eigenvalue weighted by Crippen LogP contribution is -2.47. The number of carbonyl (C=O) groups excluding carboxylic acids is 1. The van der Waals surface area contributed by atoms with Crippen molar-refractivity contribution in [3.8, 4) is 0 Å². The van der Waals surface area contributed by atoms with Gasteiger partial charge in [0.05, 0.1) is 17.2 Å². The number of hydrogen-bond acceptors (Lipinski definition) is 3. The quantitative estimate of drug-likeness (QED) is 0.923. The van der Waals surface area contributed by atoms with E-state index >= 15 is 0 Å². The van der Waals surface area contributed by atoms with Crippen molar-refractivity contribution in [2.24, 2.45) is 0 Å². The zero-order valence-electron chi connectivity index (χ0n) is 13.2. The van der Waals surface area contributed by atoms with Gasteiger partial charge in [-0.15, -0.1) is 11.3 Å². The Kier molecular flexibility index (Phi) is 4.16. The van der Waals surface area contributed by atoms with E-state index in [0.717, 1.165) is 22.0 Å². The Bertz CT molecular complexity index is 695. The van der Waals surface area contributed by atoms with E-state index in [-0.39, 0.29) is 12.1 Å². The van der Waals surface area contributed by atoms with Gasteiger partial charge < -0.3 is 10.2 Å². The van der Waals surface area contributed by atoms with E-state index in [9.17, 15) is 4.79 Å². The van der Waals surface area contributed by atoms with Crippen LogP contribution in [0.5, 0.6) is 0 Å². The number of aryl methyl sites for hydroxylation is 2. The Morgan fingerprint density at radius 1 is 1.36 bits per heavy atom. The van der Waals surface area contributed by atoms with E-state index in [2.05, 4.69) is 35.4 Å². The van der Waals surface area contributed by atoms with Crippen LogP contribution in [0.3, 0.4) is 0 Å². The number of nitrogens with one attached hydrogen (secondary N) is 1. The van der Waals surface area contributed by atoms with E-state index in [1.807, 2.05) is 24.8 Å². The summed E-state index contributed by atoms with van der Waals surface area (Å²) in [4.78, 5) is 20.0. The standard InChI is InChI=1S/C17H21N3OS/c1-11-8-14-6-4-5-7-15(14)10-20(11)17(21)18-9-16-12(2)19-13(3)22-16/h4-7,11H,8-10H2,1-3H3,(H,18,21). The molecule has 0 saturated heterocycles. The predicted octanol–water partition coefficient (Wildman–Crippen LogP) is 3.42. The lowest BCUT2D eigenvalue weighted by atomic mass is 9.95. The van der Waals surface area contributed by atoms with Gasteiger partial charge in [0.1, 0.15) is 0 Å². The highest BCUT2D eigenvalue weighted by Crippen LogP contribution is 2.23. The van der Waals surface area contributed by atoms with Crippen molar-refractivity contribution >= 4 is 17.4 Å². The van der Waals surface area contributed by atoms with E-state index in [4.69, 9.17) is 0 Å².